The minimum absolute atomic E-state index is 0.0657. The Hall–Kier alpha value is -5.90. The van der Waals surface area contributed by atoms with Crippen molar-refractivity contribution < 1.29 is 27.9 Å². The summed E-state index contributed by atoms with van der Waals surface area (Å²) in [7, 11) is 1.89. The second-order valence-corrected chi connectivity index (χ2v) is 18.7. The van der Waals surface area contributed by atoms with E-state index in [2.05, 4.69) is 48.3 Å². The lowest BCUT2D eigenvalue weighted by Gasteiger charge is -2.38. The van der Waals surface area contributed by atoms with Gasteiger partial charge in [-0.05, 0) is 126 Å². The predicted octanol–water partition coefficient (Wildman–Crippen LogP) is 6.74. The molecule has 3 atom stereocenters. The number of anilines is 3. The van der Waals surface area contributed by atoms with Crippen molar-refractivity contribution in [1.82, 2.24) is 34.5 Å². The van der Waals surface area contributed by atoms with Crippen molar-refractivity contribution in [1.29, 1.82) is 0 Å². The smallest absolute Gasteiger partial charge is 0.258 e. The van der Waals surface area contributed by atoms with Crippen molar-refractivity contribution in [3.8, 4) is 17.1 Å². The Balaban J connectivity index is 0.780. The summed E-state index contributed by atoms with van der Waals surface area (Å²) in [6, 6.07) is 12.8. The molecule has 0 radical (unpaired) electrons. The van der Waals surface area contributed by atoms with Gasteiger partial charge in [0.2, 0.25) is 23.6 Å². The number of halogens is 2. The number of carbonyl (C=O) groups is 3. The molecule has 64 heavy (non-hydrogen) atoms. The topological polar surface area (TPSA) is 143 Å². The first-order chi connectivity index (χ1) is 30.9. The first-order valence-electron chi connectivity index (χ1n) is 23.0. The highest BCUT2D eigenvalue weighted by Crippen LogP contribution is 2.39. The number of rotatable bonds is 6. The van der Waals surface area contributed by atoms with Gasteiger partial charge in [-0.25, -0.2) is 18.4 Å². The fourth-order valence-electron chi connectivity index (χ4n) is 10.9. The lowest BCUT2D eigenvalue weighted by molar-refractivity contribution is -0.134. The number of nitrogens with one attached hydrogen (secondary N) is 2. The van der Waals surface area contributed by atoms with Gasteiger partial charge in [0.25, 0.3) is 5.91 Å². The van der Waals surface area contributed by atoms with Crippen LogP contribution in [0.25, 0.3) is 22.3 Å². The van der Waals surface area contributed by atoms with E-state index in [0.29, 0.717) is 66.2 Å². The number of piperazine rings is 1. The van der Waals surface area contributed by atoms with Gasteiger partial charge in [0.1, 0.15) is 11.6 Å². The highest BCUT2D eigenvalue weighted by Gasteiger charge is 2.34. The first-order valence-corrected chi connectivity index (χ1v) is 23.0. The number of piperidine rings is 2. The second kappa shape index (κ2) is 17.2. The zero-order valence-corrected chi connectivity index (χ0v) is 36.8. The second-order valence-electron chi connectivity index (χ2n) is 18.7. The Kier molecular flexibility index (Phi) is 11.3. The van der Waals surface area contributed by atoms with Crippen LogP contribution in [0.5, 0.6) is 5.88 Å². The summed E-state index contributed by atoms with van der Waals surface area (Å²) in [4.78, 5) is 54.8. The van der Waals surface area contributed by atoms with Crippen molar-refractivity contribution in [3.05, 3.63) is 76.6 Å². The molecule has 4 aliphatic heterocycles. The summed E-state index contributed by atoms with van der Waals surface area (Å²) in [5, 5.41) is 10.0. The van der Waals surface area contributed by atoms with E-state index < -0.39 is 29.4 Å². The van der Waals surface area contributed by atoms with Gasteiger partial charge in [0.05, 0.1) is 40.5 Å². The summed E-state index contributed by atoms with van der Waals surface area (Å²) in [5.74, 6) is -1.19. The standard InChI is InChI=1S/C48H56F2N10O4/c1-28-20-33-22-40(51-28)43-29(2)55-56(3)47(43)64-27-32-5-4-31(21-32)26-60-41-25-34(6-8-39(41)52-48(60)54-45(33)62)59-18-16-57(17-19-59)13-10-30-11-14-58(15-12-30)35-23-37(49)44(38(50)24-35)36-7-9-42(61)53-46(36)63/h6,8,20,22-25,30-32,36H,4-5,7,9-19,21,26-27H2,1-3H3,(H,52,54,62)(H,53,61,63)/t31-,32+,36-/m1/s1. The van der Waals surface area contributed by atoms with E-state index in [1.807, 2.05) is 31.9 Å². The summed E-state index contributed by atoms with van der Waals surface area (Å²) >= 11 is 0. The zero-order chi connectivity index (χ0) is 44.2. The number of ether oxygens (including phenoxy) is 1. The summed E-state index contributed by atoms with van der Waals surface area (Å²) in [5.41, 5.74) is 6.77. The number of fused-ring (bicyclic) bond motifs is 9. The van der Waals surface area contributed by atoms with E-state index in [0.717, 1.165) is 111 Å². The number of imidazole rings is 1. The molecule has 5 aliphatic rings. The van der Waals surface area contributed by atoms with Crippen LogP contribution in [0.1, 0.15) is 84.6 Å². The van der Waals surface area contributed by atoms with E-state index in [1.54, 1.807) is 10.7 Å². The molecule has 14 nitrogen and oxygen atoms in total. The van der Waals surface area contributed by atoms with Gasteiger partial charge in [-0.15, -0.1) is 0 Å². The van der Waals surface area contributed by atoms with Crippen molar-refractivity contribution in [3.63, 3.8) is 0 Å². The fraction of sp³-hybridized carbons (Fsp3) is 0.500. The number of aromatic nitrogens is 5. The lowest BCUT2D eigenvalue weighted by Crippen LogP contribution is -2.47. The summed E-state index contributed by atoms with van der Waals surface area (Å²) < 4.78 is 41.0. The number of hydrogen-bond acceptors (Lipinski definition) is 10. The molecule has 336 valence electrons. The van der Waals surface area contributed by atoms with Crippen LogP contribution in [0.4, 0.5) is 26.1 Å². The number of imide groups is 1. The van der Waals surface area contributed by atoms with Crippen LogP contribution in [0, 0.1) is 43.2 Å². The van der Waals surface area contributed by atoms with Gasteiger partial charge in [-0.1, -0.05) is 0 Å². The number of amides is 3. The predicted molar refractivity (Wildman–Crippen MR) is 240 cm³/mol. The van der Waals surface area contributed by atoms with Crippen molar-refractivity contribution in [2.75, 3.05) is 67.5 Å². The minimum Gasteiger partial charge on any atom is -0.477 e. The molecule has 10 rings (SSSR count). The maximum absolute atomic E-state index is 15.3. The third kappa shape index (κ3) is 8.32. The maximum Gasteiger partial charge on any atom is 0.258 e. The quantitative estimate of drug-likeness (QED) is 0.176. The Morgan fingerprint density at radius 1 is 0.812 bits per heavy atom. The summed E-state index contributed by atoms with van der Waals surface area (Å²) in [6.45, 7) is 11.3. The number of benzene rings is 2. The SMILES string of the molecule is Cc1cc2cc(n1)-c1c(C)nn(C)c1OC[C@H]1CC[C@H](C1)Cn1c(nc3ccc(N4CCN(CCC5CCN(c6cc(F)c([C@H]7CCC(=O)NC7=O)c(F)c6)CC5)CC4)cc31)NC2=O. The van der Waals surface area contributed by atoms with Crippen molar-refractivity contribution in [2.24, 2.45) is 24.8 Å². The Bertz CT molecular complexity index is 2600. The van der Waals surface area contributed by atoms with Gasteiger partial charge >= 0.3 is 0 Å². The average Bonchev–Trinajstić information content (AvgIpc) is 3.96. The molecule has 3 amide bonds. The van der Waals surface area contributed by atoms with Crippen LogP contribution in [-0.4, -0.2) is 99.4 Å². The molecule has 16 heteroatoms. The molecule has 3 aromatic heterocycles. The summed E-state index contributed by atoms with van der Waals surface area (Å²) in [6.07, 6.45) is 6.29. The normalized spacial score (nSPS) is 22.4. The molecule has 0 spiro atoms. The number of hydrogen-bond donors (Lipinski definition) is 2. The van der Waals surface area contributed by atoms with Crippen LogP contribution in [0.2, 0.25) is 0 Å². The minimum atomic E-state index is -0.999. The van der Waals surface area contributed by atoms with Crippen LogP contribution in [0.3, 0.4) is 0 Å². The van der Waals surface area contributed by atoms with Gasteiger partial charge < -0.3 is 19.1 Å². The zero-order valence-electron chi connectivity index (χ0n) is 36.8. The number of pyridine rings is 1. The first kappa shape index (κ1) is 42.1. The molecule has 0 unspecified atom stereocenters. The van der Waals surface area contributed by atoms with Gasteiger partial charge in [0, 0.05) is 87.5 Å². The number of aryl methyl sites for hydroxylation is 3. The van der Waals surface area contributed by atoms with Crippen molar-refractivity contribution >= 4 is 46.1 Å². The molecule has 7 heterocycles. The van der Waals surface area contributed by atoms with Crippen LogP contribution in [0.15, 0.2) is 42.5 Å². The van der Waals surface area contributed by atoms with Crippen LogP contribution < -0.4 is 25.2 Å². The van der Waals surface area contributed by atoms with Crippen molar-refractivity contribution in [2.45, 2.75) is 77.7 Å². The van der Waals surface area contributed by atoms with Crippen LogP contribution >= 0.6 is 0 Å². The highest BCUT2D eigenvalue weighted by atomic mass is 19.1. The molecule has 1 aliphatic carbocycles. The van der Waals surface area contributed by atoms with E-state index in [9.17, 15) is 14.4 Å². The highest BCUT2D eigenvalue weighted by molar-refractivity contribution is 6.05. The van der Waals surface area contributed by atoms with Crippen LogP contribution in [-0.2, 0) is 23.2 Å². The van der Waals surface area contributed by atoms with E-state index >= 15 is 8.78 Å². The molecule has 2 N–H and O–H groups in total. The molecule has 3 saturated heterocycles. The Morgan fingerprint density at radius 3 is 2.33 bits per heavy atom. The van der Waals surface area contributed by atoms with E-state index in [-0.39, 0.29) is 24.3 Å². The average molecular weight is 875 g/mol. The molecule has 5 aromatic rings. The largest absolute Gasteiger partial charge is 0.477 e. The van der Waals surface area contributed by atoms with E-state index in [4.69, 9.17) is 14.7 Å². The maximum atomic E-state index is 15.3. The molecule has 1 saturated carbocycles. The third-order valence-electron chi connectivity index (χ3n) is 14.4. The molecule has 2 aromatic carbocycles. The van der Waals surface area contributed by atoms with Gasteiger partial charge in [0.15, 0.2) is 0 Å². The molecular weight excluding hydrogens is 819 g/mol. The van der Waals surface area contributed by atoms with Gasteiger partial charge in [-0.2, -0.15) is 5.10 Å². The van der Waals surface area contributed by atoms with Gasteiger partial charge in [-0.3, -0.25) is 34.9 Å². The molecule has 4 fully saturated rings. The number of nitrogens with zero attached hydrogens (tertiary/aromatic N) is 8. The fourth-order valence-corrected chi connectivity index (χ4v) is 10.9. The Morgan fingerprint density at radius 2 is 1.56 bits per heavy atom. The number of carbonyl (C=O) groups excluding carboxylic acids is 3. The monoisotopic (exact) mass is 874 g/mol. The molecule has 4 bridgehead atoms. The Labute approximate surface area is 371 Å². The molecular formula is C48H56F2N10O4. The lowest BCUT2D eigenvalue weighted by atomic mass is 9.89. The third-order valence-corrected chi connectivity index (χ3v) is 14.4. The van der Waals surface area contributed by atoms with E-state index in [1.165, 1.54) is 12.1 Å².